The Morgan fingerprint density at radius 2 is 1.84 bits per heavy atom. The molecule has 38 heavy (non-hydrogen) atoms. The molecule has 0 aliphatic heterocycles. The third-order valence-corrected chi connectivity index (χ3v) is 8.83. The van der Waals surface area contributed by atoms with Gasteiger partial charge < -0.3 is 10.2 Å². The topological polar surface area (TPSA) is 45.2 Å². The van der Waals surface area contributed by atoms with E-state index in [0.29, 0.717) is 17.3 Å². The van der Waals surface area contributed by atoms with Crippen molar-refractivity contribution >= 4 is 38.9 Å². The molecular weight excluding hydrogens is 524 g/mol. The van der Waals surface area contributed by atoms with Gasteiger partial charge in [-0.15, -0.1) is 11.3 Å². The van der Waals surface area contributed by atoms with Gasteiger partial charge in [0.05, 0.1) is 5.02 Å². The molecule has 2 heterocycles. The number of carbonyl (C=O) groups is 1. The van der Waals surface area contributed by atoms with Crippen LogP contribution < -0.4 is 5.32 Å². The summed E-state index contributed by atoms with van der Waals surface area (Å²) in [6.45, 7) is 3.54. The Morgan fingerprint density at radius 3 is 2.58 bits per heavy atom. The molecule has 0 spiro atoms. The van der Waals surface area contributed by atoms with Crippen LogP contribution in [0.2, 0.25) is 5.02 Å². The van der Waals surface area contributed by atoms with Crippen molar-refractivity contribution in [1.82, 2.24) is 15.2 Å². The molecule has 1 N–H and O–H groups in total. The number of nitrogens with zero attached hydrogens (tertiary/aromatic N) is 2. The van der Waals surface area contributed by atoms with Crippen LogP contribution in [0, 0.1) is 11.6 Å². The van der Waals surface area contributed by atoms with Gasteiger partial charge in [0.2, 0.25) is 0 Å². The van der Waals surface area contributed by atoms with Crippen molar-refractivity contribution in [2.75, 3.05) is 6.54 Å². The average molecular weight is 554 g/mol. The smallest absolute Gasteiger partial charge is 0.266 e. The number of halogens is 3. The van der Waals surface area contributed by atoms with Crippen LogP contribution in [0.1, 0.15) is 54.3 Å². The lowest BCUT2D eigenvalue weighted by atomic mass is 9.89. The molecule has 4 aromatic rings. The first kappa shape index (κ1) is 26.7. The molecule has 0 atom stereocenters. The van der Waals surface area contributed by atoms with Crippen molar-refractivity contribution in [3.63, 3.8) is 0 Å². The molecule has 1 amide bonds. The van der Waals surface area contributed by atoms with E-state index in [1.807, 2.05) is 35.2 Å². The summed E-state index contributed by atoms with van der Waals surface area (Å²) in [4.78, 5) is 20.3. The maximum absolute atomic E-state index is 14.6. The maximum atomic E-state index is 14.6. The first-order chi connectivity index (χ1) is 18.4. The van der Waals surface area contributed by atoms with Crippen LogP contribution in [0.25, 0.3) is 21.2 Å². The van der Waals surface area contributed by atoms with Crippen molar-refractivity contribution in [2.45, 2.75) is 57.7 Å². The number of nitrogens with one attached hydrogen (secondary N) is 1. The first-order valence-corrected chi connectivity index (χ1v) is 14.2. The van der Waals surface area contributed by atoms with E-state index < -0.39 is 11.6 Å². The molecule has 2 aromatic carbocycles. The SMILES string of the molecule is CCCNC1CCC(N(Cc2cccc(-c3ccncc3)c2)C(=O)c2sc3cc(F)cc(F)c3c2Cl)CC1. The van der Waals surface area contributed by atoms with Gasteiger partial charge in [-0.1, -0.05) is 36.7 Å². The molecule has 2 aromatic heterocycles. The number of hydrogen-bond donors (Lipinski definition) is 1. The molecule has 8 heteroatoms. The van der Waals surface area contributed by atoms with Crippen molar-refractivity contribution in [2.24, 2.45) is 0 Å². The molecule has 1 aliphatic carbocycles. The highest BCUT2D eigenvalue weighted by Crippen LogP contribution is 2.39. The molecular formula is C30H30ClF2N3OS. The second kappa shape index (κ2) is 11.9. The minimum Gasteiger partial charge on any atom is -0.331 e. The molecule has 1 fully saturated rings. The van der Waals surface area contributed by atoms with Crippen molar-refractivity contribution in [3.05, 3.63) is 88.0 Å². The van der Waals surface area contributed by atoms with E-state index >= 15 is 0 Å². The molecule has 5 rings (SSSR count). The summed E-state index contributed by atoms with van der Waals surface area (Å²) in [7, 11) is 0. The number of hydrogen-bond acceptors (Lipinski definition) is 4. The van der Waals surface area contributed by atoms with Gasteiger partial charge in [0.15, 0.2) is 0 Å². The van der Waals surface area contributed by atoms with Crippen LogP contribution in [-0.2, 0) is 6.54 Å². The number of thiophene rings is 1. The molecule has 0 unspecified atom stereocenters. The van der Waals surface area contributed by atoms with E-state index in [2.05, 4.69) is 23.3 Å². The Balaban J connectivity index is 1.47. The Morgan fingerprint density at radius 1 is 1.08 bits per heavy atom. The van der Waals surface area contributed by atoms with E-state index in [1.165, 1.54) is 6.07 Å². The van der Waals surface area contributed by atoms with Gasteiger partial charge in [-0.3, -0.25) is 9.78 Å². The highest BCUT2D eigenvalue weighted by atomic mass is 35.5. The second-order valence-corrected chi connectivity index (χ2v) is 11.3. The molecule has 0 saturated heterocycles. The van der Waals surface area contributed by atoms with E-state index in [4.69, 9.17) is 11.6 Å². The molecule has 198 valence electrons. The predicted molar refractivity (Wildman–Crippen MR) is 151 cm³/mol. The third-order valence-electron chi connectivity index (χ3n) is 7.22. The van der Waals surface area contributed by atoms with Gasteiger partial charge in [-0.2, -0.15) is 0 Å². The van der Waals surface area contributed by atoms with E-state index in [1.54, 1.807) is 12.4 Å². The van der Waals surface area contributed by atoms with Gasteiger partial charge in [0.1, 0.15) is 16.5 Å². The van der Waals surface area contributed by atoms with E-state index in [-0.39, 0.29) is 27.2 Å². The number of carbonyl (C=O) groups excluding carboxylic acids is 1. The van der Waals surface area contributed by atoms with Gasteiger partial charge in [0, 0.05) is 47.2 Å². The summed E-state index contributed by atoms with van der Waals surface area (Å²) in [5, 5.41) is 3.76. The molecule has 1 saturated carbocycles. The fraction of sp³-hybridized carbons (Fsp3) is 0.333. The lowest BCUT2D eigenvalue weighted by molar-refractivity contribution is 0.0605. The van der Waals surface area contributed by atoms with Crippen LogP contribution in [0.15, 0.2) is 60.9 Å². The highest BCUT2D eigenvalue weighted by molar-refractivity contribution is 7.21. The standard InChI is InChI=1S/C30H30ClF2N3OS/c1-2-12-35-23-6-8-24(9-7-23)36(18-19-4-3-5-21(15-19)20-10-13-34-14-11-20)30(37)29-28(31)27-25(33)16-22(32)17-26(27)38-29/h3-5,10-11,13-17,23-24,35H,2,6-9,12,18H2,1H3. The van der Waals surface area contributed by atoms with Gasteiger partial charge >= 0.3 is 0 Å². The van der Waals surface area contributed by atoms with Gasteiger partial charge in [0.25, 0.3) is 5.91 Å². The number of aromatic nitrogens is 1. The van der Waals surface area contributed by atoms with Crippen LogP contribution in [0.4, 0.5) is 8.78 Å². The molecule has 1 aliphatic rings. The summed E-state index contributed by atoms with van der Waals surface area (Å²) in [5.41, 5.74) is 3.09. The summed E-state index contributed by atoms with van der Waals surface area (Å²) in [5.74, 6) is -1.68. The van der Waals surface area contributed by atoms with E-state index in [9.17, 15) is 13.6 Å². The predicted octanol–water partition coefficient (Wildman–Crippen LogP) is 7.85. The normalized spacial score (nSPS) is 17.6. The number of pyridine rings is 1. The monoisotopic (exact) mass is 553 g/mol. The van der Waals surface area contributed by atoms with Crippen LogP contribution in [0.3, 0.4) is 0 Å². The Kier molecular flexibility index (Phi) is 8.36. The van der Waals surface area contributed by atoms with Gasteiger partial charge in [-0.05, 0) is 79.6 Å². The van der Waals surface area contributed by atoms with Crippen LogP contribution in [-0.4, -0.2) is 34.4 Å². The number of rotatable bonds is 8. The molecule has 4 nitrogen and oxygen atoms in total. The summed E-state index contributed by atoms with van der Waals surface area (Å²) < 4.78 is 28.8. The zero-order valence-electron chi connectivity index (χ0n) is 21.2. The fourth-order valence-corrected chi connectivity index (χ4v) is 6.81. The Hall–Kier alpha value is -2.87. The Bertz CT molecular complexity index is 1420. The Labute approximate surface area is 230 Å². The third kappa shape index (κ3) is 5.75. The lowest BCUT2D eigenvalue weighted by Gasteiger charge is -2.37. The quantitative estimate of drug-likeness (QED) is 0.242. The maximum Gasteiger partial charge on any atom is 0.266 e. The highest BCUT2D eigenvalue weighted by Gasteiger charge is 2.32. The number of benzene rings is 2. The van der Waals surface area contributed by atoms with Crippen molar-refractivity contribution in [1.29, 1.82) is 0 Å². The fourth-order valence-electron chi connectivity index (χ4n) is 5.28. The van der Waals surface area contributed by atoms with E-state index in [0.717, 1.165) is 72.7 Å². The minimum atomic E-state index is -0.751. The van der Waals surface area contributed by atoms with Gasteiger partial charge in [-0.25, -0.2) is 8.78 Å². The largest absolute Gasteiger partial charge is 0.331 e. The summed E-state index contributed by atoms with van der Waals surface area (Å²) in [6.07, 6.45) is 8.28. The molecule has 0 radical (unpaired) electrons. The summed E-state index contributed by atoms with van der Waals surface area (Å²) in [6, 6.07) is 14.6. The van der Waals surface area contributed by atoms with Crippen molar-refractivity contribution in [3.8, 4) is 11.1 Å². The minimum absolute atomic E-state index is 0.0228. The average Bonchev–Trinajstić information content (AvgIpc) is 3.27. The lowest BCUT2D eigenvalue weighted by Crippen LogP contribution is -2.45. The number of amides is 1. The number of fused-ring (bicyclic) bond motifs is 1. The zero-order chi connectivity index (χ0) is 26.6. The summed E-state index contributed by atoms with van der Waals surface area (Å²) >= 11 is 7.62. The zero-order valence-corrected chi connectivity index (χ0v) is 22.8. The van der Waals surface area contributed by atoms with Crippen molar-refractivity contribution < 1.29 is 13.6 Å². The first-order valence-electron chi connectivity index (χ1n) is 13.0. The van der Waals surface area contributed by atoms with Crippen LogP contribution in [0.5, 0.6) is 0 Å². The molecule has 0 bridgehead atoms. The second-order valence-electron chi connectivity index (χ2n) is 9.83. The van der Waals surface area contributed by atoms with Crippen LogP contribution >= 0.6 is 22.9 Å².